The molecule has 0 radical (unpaired) electrons. The van der Waals surface area contributed by atoms with Crippen LogP contribution in [0.1, 0.15) is 12.8 Å². The van der Waals surface area contributed by atoms with Gasteiger partial charge in [0.25, 0.3) is 0 Å². The van der Waals surface area contributed by atoms with Crippen LogP contribution in [0, 0.1) is 23.2 Å². The van der Waals surface area contributed by atoms with Crippen LogP contribution in [-0.4, -0.2) is 13.2 Å². The number of rotatable bonds is 2. The van der Waals surface area contributed by atoms with E-state index < -0.39 is 14.6 Å². The van der Waals surface area contributed by atoms with Crippen molar-refractivity contribution in [2.75, 3.05) is 0 Å². The molecule has 0 N–H and O–H groups in total. The van der Waals surface area contributed by atoms with Gasteiger partial charge in [-0.2, -0.15) is 5.26 Å². The van der Waals surface area contributed by atoms with Crippen molar-refractivity contribution in [3.05, 3.63) is 42.5 Å². The first-order chi connectivity index (χ1) is 8.60. The Morgan fingerprint density at radius 1 is 1.22 bits per heavy atom. The van der Waals surface area contributed by atoms with Crippen molar-refractivity contribution in [2.24, 2.45) is 11.8 Å². The Labute approximate surface area is 107 Å². The summed E-state index contributed by atoms with van der Waals surface area (Å²) in [7, 11) is -3.59. The third-order valence-electron chi connectivity index (χ3n) is 4.06. The number of benzene rings is 1. The lowest BCUT2D eigenvalue weighted by Gasteiger charge is -2.27. The van der Waals surface area contributed by atoms with Crippen LogP contribution in [0.25, 0.3) is 0 Å². The average molecular weight is 259 g/mol. The van der Waals surface area contributed by atoms with E-state index in [1.165, 1.54) is 0 Å². The molecule has 18 heavy (non-hydrogen) atoms. The zero-order chi connectivity index (χ0) is 12.8. The SMILES string of the molecule is N#CC1(S(=O)(=O)c2ccccc2)C[C@H]2C=C[C@@H]1C2. The molecule has 3 nitrogen and oxygen atoms in total. The van der Waals surface area contributed by atoms with Gasteiger partial charge in [-0.1, -0.05) is 30.4 Å². The van der Waals surface area contributed by atoms with Crippen LogP contribution in [0.15, 0.2) is 47.4 Å². The lowest BCUT2D eigenvalue weighted by Crippen LogP contribution is -2.41. The lowest BCUT2D eigenvalue weighted by atomic mass is 9.94. The number of allylic oxidation sites excluding steroid dienone is 2. The van der Waals surface area contributed by atoms with Crippen LogP contribution in [-0.2, 0) is 9.84 Å². The molecule has 0 aromatic heterocycles. The maximum atomic E-state index is 12.7. The number of sulfone groups is 1. The molecule has 2 aliphatic rings. The van der Waals surface area contributed by atoms with Gasteiger partial charge in [0.2, 0.25) is 0 Å². The normalized spacial score (nSPS) is 33.5. The summed E-state index contributed by atoms with van der Waals surface area (Å²) >= 11 is 0. The van der Waals surface area contributed by atoms with Crippen molar-refractivity contribution < 1.29 is 8.42 Å². The summed E-state index contributed by atoms with van der Waals surface area (Å²) in [6, 6.07) is 10.4. The molecule has 1 aromatic carbocycles. The maximum Gasteiger partial charge on any atom is 0.198 e. The number of nitrogens with zero attached hydrogens (tertiary/aromatic N) is 1. The van der Waals surface area contributed by atoms with Gasteiger partial charge in [-0.05, 0) is 30.9 Å². The molecular formula is C14H13NO2S. The van der Waals surface area contributed by atoms with Crippen LogP contribution in [0.5, 0.6) is 0 Å². The Hall–Kier alpha value is -1.60. The molecule has 0 heterocycles. The number of fused-ring (bicyclic) bond motifs is 2. The van der Waals surface area contributed by atoms with Crippen molar-refractivity contribution in [1.82, 2.24) is 0 Å². The molecule has 92 valence electrons. The van der Waals surface area contributed by atoms with Gasteiger partial charge in [-0.3, -0.25) is 0 Å². The van der Waals surface area contributed by atoms with Gasteiger partial charge in [0.15, 0.2) is 14.6 Å². The van der Waals surface area contributed by atoms with Gasteiger partial charge in [0, 0.05) is 5.92 Å². The molecule has 1 unspecified atom stereocenters. The maximum absolute atomic E-state index is 12.7. The largest absolute Gasteiger partial charge is 0.222 e. The Morgan fingerprint density at radius 2 is 1.94 bits per heavy atom. The van der Waals surface area contributed by atoms with Gasteiger partial charge in [0.1, 0.15) is 0 Å². The summed E-state index contributed by atoms with van der Waals surface area (Å²) in [5.74, 6) is 0.0887. The second-order valence-corrected chi connectivity index (χ2v) is 7.22. The standard InChI is InChI=1S/C14H13NO2S/c15-10-14(9-11-6-7-12(14)8-11)18(16,17)13-4-2-1-3-5-13/h1-7,11-12H,8-9H2/t11-,12+,14?/m0/s1. The van der Waals surface area contributed by atoms with Crippen molar-refractivity contribution in [1.29, 1.82) is 5.26 Å². The monoisotopic (exact) mass is 259 g/mol. The van der Waals surface area contributed by atoms with Crippen LogP contribution >= 0.6 is 0 Å². The van der Waals surface area contributed by atoms with E-state index in [0.717, 1.165) is 6.42 Å². The van der Waals surface area contributed by atoms with Gasteiger partial charge in [-0.25, -0.2) is 8.42 Å². The molecule has 0 spiro atoms. The molecule has 0 saturated heterocycles. The first-order valence-corrected chi connectivity index (χ1v) is 7.48. The highest BCUT2D eigenvalue weighted by atomic mass is 32.2. The lowest BCUT2D eigenvalue weighted by molar-refractivity contribution is 0.518. The predicted octanol–water partition coefficient (Wildman–Crippen LogP) is 2.32. The molecule has 1 saturated carbocycles. The van der Waals surface area contributed by atoms with Gasteiger partial charge in [0.05, 0.1) is 11.0 Å². The van der Waals surface area contributed by atoms with E-state index in [-0.39, 0.29) is 16.7 Å². The van der Waals surface area contributed by atoms with E-state index >= 15 is 0 Å². The predicted molar refractivity (Wildman–Crippen MR) is 67.3 cm³/mol. The van der Waals surface area contributed by atoms with Crippen LogP contribution in [0.2, 0.25) is 0 Å². The molecule has 3 atom stereocenters. The van der Waals surface area contributed by atoms with Crippen LogP contribution in [0.3, 0.4) is 0 Å². The smallest absolute Gasteiger partial charge is 0.198 e. The third-order valence-corrected chi connectivity index (χ3v) is 6.47. The summed E-state index contributed by atoms with van der Waals surface area (Å²) in [4.78, 5) is 0.257. The third kappa shape index (κ3) is 1.31. The van der Waals surface area contributed by atoms with Crippen LogP contribution in [0.4, 0.5) is 0 Å². The van der Waals surface area contributed by atoms with E-state index in [9.17, 15) is 13.7 Å². The molecule has 4 heteroatoms. The number of hydrogen-bond acceptors (Lipinski definition) is 3. The Morgan fingerprint density at radius 3 is 2.44 bits per heavy atom. The topological polar surface area (TPSA) is 57.9 Å². The summed E-state index contributed by atoms with van der Waals surface area (Å²) in [6.45, 7) is 0. The Bertz CT molecular complexity index is 642. The van der Waals surface area contributed by atoms with Crippen molar-refractivity contribution in [3.8, 4) is 6.07 Å². The van der Waals surface area contributed by atoms with E-state index in [1.54, 1.807) is 30.3 Å². The molecule has 1 aromatic rings. The highest BCUT2D eigenvalue weighted by Gasteiger charge is 2.57. The highest BCUT2D eigenvalue weighted by molar-refractivity contribution is 7.93. The summed E-state index contributed by atoms with van der Waals surface area (Å²) < 4.78 is 24.2. The minimum atomic E-state index is -3.59. The van der Waals surface area contributed by atoms with Crippen molar-refractivity contribution in [3.63, 3.8) is 0 Å². The fraction of sp³-hybridized carbons (Fsp3) is 0.357. The molecule has 0 aliphatic heterocycles. The number of nitriles is 1. The minimum absolute atomic E-state index is 0.155. The summed E-state index contributed by atoms with van der Waals surface area (Å²) in [6.07, 6.45) is 5.17. The quantitative estimate of drug-likeness (QED) is 0.766. The molecule has 3 rings (SSSR count). The van der Waals surface area contributed by atoms with Gasteiger partial charge < -0.3 is 0 Å². The van der Waals surface area contributed by atoms with E-state index in [1.807, 2.05) is 12.2 Å². The van der Waals surface area contributed by atoms with E-state index in [2.05, 4.69) is 6.07 Å². The first kappa shape index (κ1) is 11.5. The minimum Gasteiger partial charge on any atom is -0.222 e. The zero-order valence-corrected chi connectivity index (χ0v) is 10.6. The fourth-order valence-corrected chi connectivity index (χ4v) is 5.18. The average Bonchev–Trinajstić information content (AvgIpc) is 3.00. The second-order valence-electron chi connectivity index (χ2n) is 5.01. The van der Waals surface area contributed by atoms with Crippen molar-refractivity contribution >= 4 is 9.84 Å². The van der Waals surface area contributed by atoms with Gasteiger partial charge in [-0.15, -0.1) is 0 Å². The summed E-state index contributed by atoms with van der Waals surface area (Å²) in [5, 5.41) is 9.47. The Balaban J connectivity index is 2.15. The Kier molecular flexibility index (Phi) is 2.36. The van der Waals surface area contributed by atoms with Crippen LogP contribution < -0.4 is 0 Å². The molecule has 1 fully saturated rings. The highest BCUT2D eigenvalue weighted by Crippen LogP contribution is 2.51. The molecule has 2 bridgehead atoms. The second kappa shape index (κ2) is 3.69. The zero-order valence-electron chi connectivity index (χ0n) is 9.78. The molecular weight excluding hydrogens is 246 g/mol. The van der Waals surface area contributed by atoms with E-state index in [0.29, 0.717) is 6.42 Å². The first-order valence-electron chi connectivity index (χ1n) is 5.99. The molecule has 2 aliphatic carbocycles. The van der Waals surface area contributed by atoms with Gasteiger partial charge >= 0.3 is 0 Å². The number of hydrogen-bond donors (Lipinski definition) is 0. The van der Waals surface area contributed by atoms with E-state index in [4.69, 9.17) is 0 Å². The van der Waals surface area contributed by atoms with Crippen molar-refractivity contribution in [2.45, 2.75) is 22.5 Å². The molecule has 0 amide bonds. The summed E-state index contributed by atoms with van der Waals surface area (Å²) in [5.41, 5.74) is 0. The fourth-order valence-electron chi connectivity index (χ4n) is 3.12.